The molecular formula is C9H10F3NS. The van der Waals surface area contributed by atoms with Crippen LogP contribution in [-0.4, -0.2) is 6.54 Å². The summed E-state index contributed by atoms with van der Waals surface area (Å²) in [6.45, 7) is 0.573. The number of halogens is 3. The largest absolute Gasteiger partial charge is 0.425 e. The Morgan fingerprint density at radius 3 is 2.57 bits per heavy atom. The first-order valence-electron chi connectivity index (χ1n) is 4.39. The minimum absolute atomic E-state index is 0.279. The lowest BCUT2D eigenvalue weighted by Crippen LogP contribution is -2.01. The number of thiophene rings is 1. The smallest absolute Gasteiger partial charge is 0.330 e. The molecule has 0 radical (unpaired) electrons. The summed E-state index contributed by atoms with van der Waals surface area (Å²) < 4.78 is 36.7. The number of nitrogens with two attached hydrogens (primary N) is 1. The molecule has 5 heteroatoms. The highest BCUT2D eigenvalue weighted by atomic mass is 32.1. The van der Waals surface area contributed by atoms with E-state index >= 15 is 0 Å². The summed E-state index contributed by atoms with van der Waals surface area (Å²) in [4.78, 5) is 0.322. The average Bonchev–Trinajstić information content (AvgIpc) is 2.71. The summed E-state index contributed by atoms with van der Waals surface area (Å²) in [5.41, 5.74) is 5.44. The van der Waals surface area contributed by atoms with Gasteiger partial charge in [0.2, 0.25) is 0 Å². The average molecular weight is 221 g/mol. The molecule has 0 amide bonds. The molecule has 1 aliphatic carbocycles. The summed E-state index contributed by atoms with van der Waals surface area (Å²) in [6, 6.07) is 2.74. The third-order valence-corrected chi connectivity index (χ3v) is 3.76. The molecule has 0 bridgehead atoms. The molecule has 14 heavy (non-hydrogen) atoms. The highest BCUT2D eigenvalue weighted by Gasteiger charge is 2.40. The van der Waals surface area contributed by atoms with E-state index in [2.05, 4.69) is 0 Å². The Labute approximate surface area is 83.7 Å². The topological polar surface area (TPSA) is 26.0 Å². The van der Waals surface area contributed by atoms with E-state index in [1.807, 2.05) is 0 Å². The second-order valence-corrected chi connectivity index (χ2v) is 4.65. The quantitative estimate of drug-likeness (QED) is 0.816. The molecule has 1 aromatic heterocycles. The molecule has 1 heterocycles. The standard InChI is InChI=1S/C9H10F3NS/c10-9(11,12)8-2-1-7(14-8)6-3-5(6)4-13/h1-2,5-6H,3-4,13H2/t5-,6+/m0/s1. The third kappa shape index (κ3) is 1.79. The number of hydrogen-bond donors (Lipinski definition) is 1. The van der Waals surface area contributed by atoms with Crippen molar-refractivity contribution in [3.8, 4) is 0 Å². The van der Waals surface area contributed by atoms with Crippen molar-refractivity contribution in [1.29, 1.82) is 0 Å². The van der Waals surface area contributed by atoms with E-state index in [0.29, 0.717) is 12.5 Å². The van der Waals surface area contributed by atoms with E-state index in [9.17, 15) is 13.2 Å². The fourth-order valence-corrected chi connectivity index (χ4v) is 2.64. The SMILES string of the molecule is NC[C@@H]1C[C@H]1c1ccc(C(F)(F)F)s1. The van der Waals surface area contributed by atoms with E-state index < -0.39 is 11.1 Å². The zero-order valence-electron chi connectivity index (χ0n) is 7.34. The van der Waals surface area contributed by atoms with Crippen LogP contribution < -0.4 is 5.73 Å². The summed E-state index contributed by atoms with van der Waals surface area (Å²) in [5.74, 6) is 0.677. The highest BCUT2D eigenvalue weighted by Crippen LogP contribution is 2.50. The van der Waals surface area contributed by atoms with Gasteiger partial charge >= 0.3 is 6.18 Å². The molecule has 2 atom stereocenters. The van der Waals surface area contributed by atoms with Crippen molar-refractivity contribution >= 4 is 11.3 Å². The lowest BCUT2D eigenvalue weighted by Gasteiger charge is -2.00. The maximum atomic E-state index is 12.2. The summed E-state index contributed by atoms with van der Waals surface area (Å²) in [7, 11) is 0. The fraction of sp³-hybridized carbons (Fsp3) is 0.556. The first kappa shape index (κ1) is 9.98. The summed E-state index contributed by atoms with van der Waals surface area (Å²) in [6.07, 6.45) is -3.26. The molecule has 1 saturated carbocycles. The van der Waals surface area contributed by atoms with Gasteiger partial charge in [0.25, 0.3) is 0 Å². The maximum Gasteiger partial charge on any atom is 0.425 e. The molecule has 0 saturated heterocycles. The van der Waals surface area contributed by atoms with Crippen molar-refractivity contribution in [3.05, 3.63) is 21.9 Å². The molecule has 0 aliphatic heterocycles. The van der Waals surface area contributed by atoms with Crippen LogP contribution in [0.3, 0.4) is 0 Å². The van der Waals surface area contributed by atoms with Crippen molar-refractivity contribution in [2.45, 2.75) is 18.5 Å². The van der Waals surface area contributed by atoms with Crippen LogP contribution in [0.1, 0.15) is 22.1 Å². The lowest BCUT2D eigenvalue weighted by molar-refractivity contribution is -0.134. The highest BCUT2D eigenvalue weighted by molar-refractivity contribution is 7.12. The van der Waals surface area contributed by atoms with Crippen LogP contribution in [0, 0.1) is 5.92 Å². The van der Waals surface area contributed by atoms with Gasteiger partial charge < -0.3 is 5.73 Å². The van der Waals surface area contributed by atoms with Gasteiger partial charge in [-0.15, -0.1) is 11.3 Å². The zero-order chi connectivity index (χ0) is 10.3. The van der Waals surface area contributed by atoms with Gasteiger partial charge in [-0.1, -0.05) is 0 Å². The Hall–Kier alpha value is -0.550. The molecule has 1 aromatic rings. The van der Waals surface area contributed by atoms with Crippen molar-refractivity contribution in [1.82, 2.24) is 0 Å². The van der Waals surface area contributed by atoms with Crippen LogP contribution in [-0.2, 0) is 6.18 Å². The van der Waals surface area contributed by atoms with E-state index in [0.717, 1.165) is 28.7 Å². The zero-order valence-corrected chi connectivity index (χ0v) is 8.16. The molecule has 2 rings (SSSR count). The molecule has 0 aromatic carbocycles. The third-order valence-electron chi connectivity index (χ3n) is 2.50. The number of hydrogen-bond acceptors (Lipinski definition) is 2. The van der Waals surface area contributed by atoms with Crippen molar-refractivity contribution < 1.29 is 13.2 Å². The Morgan fingerprint density at radius 1 is 1.43 bits per heavy atom. The summed E-state index contributed by atoms with van der Waals surface area (Å²) in [5, 5.41) is 0. The first-order valence-corrected chi connectivity index (χ1v) is 5.21. The van der Waals surface area contributed by atoms with E-state index in [1.165, 1.54) is 0 Å². The Morgan fingerprint density at radius 2 is 2.14 bits per heavy atom. The fourth-order valence-electron chi connectivity index (χ4n) is 1.56. The van der Waals surface area contributed by atoms with E-state index in [4.69, 9.17) is 5.73 Å². The minimum atomic E-state index is -4.20. The van der Waals surface area contributed by atoms with Crippen LogP contribution in [0.4, 0.5) is 13.2 Å². The second-order valence-electron chi connectivity index (χ2n) is 3.54. The molecule has 78 valence electrons. The van der Waals surface area contributed by atoms with E-state index in [1.54, 1.807) is 6.07 Å². The minimum Gasteiger partial charge on any atom is -0.330 e. The summed E-state index contributed by atoms with van der Waals surface area (Å²) >= 11 is 0.849. The van der Waals surface area contributed by atoms with Crippen molar-refractivity contribution in [3.63, 3.8) is 0 Å². The molecule has 0 unspecified atom stereocenters. The lowest BCUT2D eigenvalue weighted by atomic mass is 10.2. The number of alkyl halides is 3. The van der Waals surface area contributed by atoms with Crippen LogP contribution >= 0.6 is 11.3 Å². The van der Waals surface area contributed by atoms with Gasteiger partial charge in [0.15, 0.2) is 0 Å². The second kappa shape index (κ2) is 3.24. The Kier molecular flexibility index (Phi) is 2.31. The van der Waals surface area contributed by atoms with Gasteiger partial charge in [-0.05, 0) is 36.9 Å². The normalized spacial score (nSPS) is 26.6. The molecule has 2 N–H and O–H groups in total. The van der Waals surface area contributed by atoms with Crippen LogP contribution in [0.25, 0.3) is 0 Å². The van der Waals surface area contributed by atoms with Gasteiger partial charge in [-0.2, -0.15) is 13.2 Å². The Bertz CT molecular complexity index is 331. The van der Waals surface area contributed by atoms with Gasteiger partial charge in [0, 0.05) is 4.88 Å². The Balaban J connectivity index is 2.12. The van der Waals surface area contributed by atoms with Gasteiger partial charge in [0.1, 0.15) is 4.88 Å². The first-order chi connectivity index (χ1) is 6.52. The van der Waals surface area contributed by atoms with Crippen molar-refractivity contribution in [2.75, 3.05) is 6.54 Å². The van der Waals surface area contributed by atoms with Crippen LogP contribution in [0.2, 0.25) is 0 Å². The predicted octanol–water partition coefficient (Wildman–Crippen LogP) is 2.83. The van der Waals surface area contributed by atoms with Crippen molar-refractivity contribution in [2.24, 2.45) is 11.7 Å². The van der Waals surface area contributed by atoms with Gasteiger partial charge in [-0.3, -0.25) is 0 Å². The molecular weight excluding hydrogens is 211 g/mol. The van der Waals surface area contributed by atoms with Gasteiger partial charge in [-0.25, -0.2) is 0 Å². The van der Waals surface area contributed by atoms with E-state index in [-0.39, 0.29) is 5.92 Å². The van der Waals surface area contributed by atoms with Crippen LogP contribution in [0.15, 0.2) is 12.1 Å². The molecule has 0 spiro atoms. The number of rotatable bonds is 2. The molecule has 1 fully saturated rings. The molecule has 1 nitrogen and oxygen atoms in total. The van der Waals surface area contributed by atoms with Gasteiger partial charge in [0.05, 0.1) is 0 Å². The predicted molar refractivity (Wildman–Crippen MR) is 49.2 cm³/mol. The van der Waals surface area contributed by atoms with Crippen LogP contribution in [0.5, 0.6) is 0 Å². The monoisotopic (exact) mass is 221 g/mol. The molecule has 1 aliphatic rings. The maximum absolute atomic E-state index is 12.2.